The molecule has 1 aliphatic rings. The summed E-state index contributed by atoms with van der Waals surface area (Å²) in [7, 11) is 0. The Morgan fingerprint density at radius 2 is 2.03 bits per heavy atom. The Labute approximate surface area is 168 Å². The summed E-state index contributed by atoms with van der Waals surface area (Å²) in [5.74, 6) is 0.109. The summed E-state index contributed by atoms with van der Waals surface area (Å²) in [6, 6.07) is 4.79. The van der Waals surface area contributed by atoms with Gasteiger partial charge in [0, 0.05) is 18.7 Å². The van der Waals surface area contributed by atoms with Crippen molar-refractivity contribution in [2.75, 3.05) is 13.1 Å². The molecular formula is C18H17F3N6O3. The third kappa shape index (κ3) is 4.42. The van der Waals surface area contributed by atoms with E-state index in [1.165, 1.54) is 12.1 Å². The van der Waals surface area contributed by atoms with Crippen LogP contribution in [0.25, 0.3) is 11.6 Å². The van der Waals surface area contributed by atoms with Crippen molar-refractivity contribution >= 4 is 5.91 Å². The summed E-state index contributed by atoms with van der Waals surface area (Å²) in [5.41, 5.74) is 0.727. The summed E-state index contributed by atoms with van der Waals surface area (Å²) < 4.78 is 47.4. The number of hydrogen-bond donors (Lipinski definition) is 0. The van der Waals surface area contributed by atoms with Crippen LogP contribution in [0.1, 0.15) is 35.1 Å². The molecule has 0 radical (unpaired) electrons. The summed E-state index contributed by atoms with van der Waals surface area (Å²) in [5, 5.41) is 11.9. The van der Waals surface area contributed by atoms with Gasteiger partial charge in [0.15, 0.2) is 11.5 Å². The van der Waals surface area contributed by atoms with Crippen LogP contribution in [0.3, 0.4) is 0 Å². The Hall–Kier alpha value is -3.44. The van der Waals surface area contributed by atoms with Crippen LogP contribution in [0.15, 0.2) is 35.0 Å². The number of hydrogen-bond acceptors (Lipinski definition) is 7. The number of carbonyl (C=O) groups is 1. The third-order valence-corrected chi connectivity index (χ3v) is 4.65. The Kier molecular flexibility index (Phi) is 5.14. The number of carbonyl (C=O) groups excluding carboxylic acids is 1. The van der Waals surface area contributed by atoms with Gasteiger partial charge in [-0.25, -0.2) is 4.68 Å². The molecule has 1 aromatic carbocycles. The number of ether oxygens (including phenoxy) is 1. The van der Waals surface area contributed by atoms with Crippen LogP contribution in [0, 0.1) is 6.92 Å². The van der Waals surface area contributed by atoms with Crippen molar-refractivity contribution in [2.24, 2.45) is 0 Å². The summed E-state index contributed by atoms with van der Waals surface area (Å²) in [6.45, 7) is 2.63. The second-order valence-corrected chi connectivity index (χ2v) is 6.85. The first-order chi connectivity index (χ1) is 14.3. The van der Waals surface area contributed by atoms with Gasteiger partial charge in [-0.2, -0.15) is 4.98 Å². The van der Waals surface area contributed by atoms with Gasteiger partial charge in [-0.05, 0) is 44.0 Å². The molecule has 0 saturated carbocycles. The topological polar surface area (TPSA) is 99.2 Å². The second-order valence-electron chi connectivity index (χ2n) is 6.85. The predicted molar refractivity (Wildman–Crippen MR) is 95.4 cm³/mol. The Morgan fingerprint density at radius 3 is 2.70 bits per heavy atom. The molecule has 0 N–H and O–H groups in total. The quantitative estimate of drug-likeness (QED) is 0.637. The fourth-order valence-corrected chi connectivity index (χ4v) is 3.29. The number of likely N-dealkylation sites (tertiary alicyclic amines) is 1. The van der Waals surface area contributed by atoms with Crippen LogP contribution in [-0.2, 0) is 0 Å². The van der Waals surface area contributed by atoms with Crippen LogP contribution >= 0.6 is 0 Å². The van der Waals surface area contributed by atoms with E-state index in [1.54, 1.807) is 22.7 Å². The van der Waals surface area contributed by atoms with Gasteiger partial charge in [0.2, 0.25) is 0 Å². The first kappa shape index (κ1) is 19.9. The molecule has 3 aromatic rings. The van der Waals surface area contributed by atoms with Gasteiger partial charge in [0.05, 0.1) is 12.2 Å². The molecule has 2 aromatic heterocycles. The number of piperidine rings is 1. The van der Waals surface area contributed by atoms with Gasteiger partial charge in [0.1, 0.15) is 5.75 Å². The molecule has 1 unspecified atom stereocenters. The molecule has 1 atom stereocenters. The third-order valence-electron chi connectivity index (χ3n) is 4.65. The Bertz CT molecular complexity index is 1030. The highest BCUT2D eigenvalue weighted by molar-refractivity contribution is 5.94. The van der Waals surface area contributed by atoms with Gasteiger partial charge in [-0.1, -0.05) is 10.4 Å². The minimum absolute atomic E-state index is 0.0965. The fraction of sp³-hybridized carbons (Fsp3) is 0.389. The summed E-state index contributed by atoms with van der Waals surface area (Å²) in [4.78, 5) is 18.5. The predicted octanol–water partition coefficient (Wildman–Crippen LogP) is 3.01. The average molecular weight is 422 g/mol. The van der Waals surface area contributed by atoms with E-state index < -0.39 is 6.36 Å². The van der Waals surface area contributed by atoms with Crippen molar-refractivity contribution in [3.63, 3.8) is 0 Å². The second kappa shape index (κ2) is 7.76. The Morgan fingerprint density at radius 1 is 1.27 bits per heavy atom. The zero-order chi connectivity index (χ0) is 21.3. The van der Waals surface area contributed by atoms with Crippen LogP contribution in [0.2, 0.25) is 0 Å². The maximum atomic E-state index is 12.8. The van der Waals surface area contributed by atoms with E-state index in [0.29, 0.717) is 24.6 Å². The van der Waals surface area contributed by atoms with E-state index in [9.17, 15) is 18.0 Å². The summed E-state index contributed by atoms with van der Waals surface area (Å²) in [6.07, 6.45) is -1.54. The van der Waals surface area contributed by atoms with E-state index in [1.807, 2.05) is 0 Å². The SMILES string of the molecule is Cc1noc(-c2cn(C3CCCN(C(=O)c4ccc(OC(F)(F)F)cc4)C3)nn2)n1. The molecule has 1 saturated heterocycles. The van der Waals surface area contributed by atoms with Crippen LogP contribution in [-0.4, -0.2) is 55.4 Å². The molecule has 158 valence electrons. The van der Waals surface area contributed by atoms with Crippen molar-refractivity contribution in [2.45, 2.75) is 32.2 Å². The molecule has 4 rings (SSSR count). The molecule has 3 heterocycles. The normalized spacial score (nSPS) is 17.2. The van der Waals surface area contributed by atoms with Gasteiger partial charge in [-0.15, -0.1) is 18.3 Å². The van der Waals surface area contributed by atoms with E-state index in [2.05, 4.69) is 25.2 Å². The van der Waals surface area contributed by atoms with Crippen molar-refractivity contribution in [1.82, 2.24) is 30.0 Å². The largest absolute Gasteiger partial charge is 0.573 e. The lowest BCUT2D eigenvalue weighted by molar-refractivity contribution is -0.274. The minimum Gasteiger partial charge on any atom is -0.406 e. The average Bonchev–Trinajstić information content (AvgIpc) is 3.36. The lowest BCUT2D eigenvalue weighted by Crippen LogP contribution is -2.40. The molecule has 1 aliphatic heterocycles. The monoisotopic (exact) mass is 422 g/mol. The number of aryl methyl sites for hydroxylation is 1. The summed E-state index contributed by atoms with van der Waals surface area (Å²) >= 11 is 0. The molecule has 0 aliphatic carbocycles. The van der Waals surface area contributed by atoms with Gasteiger partial charge in [0.25, 0.3) is 11.8 Å². The van der Waals surface area contributed by atoms with Crippen molar-refractivity contribution in [3.8, 4) is 17.3 Å². The molecule has 1 amide bonds. The van der Waals surface area contributed by atoms with Crippen LogP contribution < -0.4 is 4.74 Å². The highest BCUT2D eigenvalue weighted by Crippen LogP contribution is 2.26. The zero-order valence-electron chi connectivity index (χ0n) is 15.8. The van der Waals surface area contributed by atoms with Gasteiger partial charge < -0.3 is 14.2 Å². The van der Waals surface area contributed by atoms with Gasteiger partial charge >= 0.3 is 6.36 Å². The smallest absolute Gasteiger partial charge is 0.406 e. The van der Waals surface area contributed by atoms with E-state index in [4.69, 9.17) is 4.52 Å². The van der Waals surface area contributed by atoms with E-state index in [0.717, 1.165) is 25.0 Å². The number of amides is 1. The highest BCUT2D eigenvalue weighted by atomic mass is 19.4. The highest BCUT2D eigenvalue weighted by Gasteiger charge is 2.31. The molecule has 1 fully saturated rings. The van der Waals surface area contributed by atoms with E-state index >= 15 is 0 Å². The molecule has 0 bridgehead atoms. The first-order valence-corrected chi connectivity index (χ1v) is 9.16. The van der Waals surface area contributed by atoms with Crippen molar-refractivity contribution < 1.29 is 27.2 Å². The van der Waals surface area contributed by atoms with Gasteiger partial charge in [-0.3, -0.25) is 4.79 Å². The first-order valence-electron chi connectivity index (χ1n) is 9.16. The fourth-order valence-electron chi connectivity index (χ4n) is 3.29. The molecule has 12 heteroatoms. The number of alkyl halides is 3. The molecule has 9 nitrogen and oxygen atoms in total. The van der Waals surface area contributed by atoms with Crippen LogP contribution in [0.5, 0.6) is 5.75 Å². The molecule has 30 heavy (non-hydrogen) atoms. The Balaban J connectivity index is 1.43. The van der Waals surface area contributed by atoms with E-state index in [-0.39, 0.29) is 29.2 Å². The lowest BCUT2D eigenvalue weighted by atomic mass is 10.0. The molecular weight excluding hydrogens is 405 g/mol. The number of rotatable bonds is 4. The number of aromatic nitrogens is 5. The number of benzene rings is 1. The number of nitrogens with zero attached hydrogens (tertiary/aromatic N) is 6. The van der Waals surface area contributed by atoms with Crippen molar-refractivity contribution in [1.29, 1.82) is 0 Å². The van der Waals surface area contributed by atoms with Crippen molar-refractivity contribution in [3.05, 3.63) is 41.9 Å². The van der Waals surface area contributed by atoms with Crippen LogP contribution in [0.4, 0.5) is 13.2 Å². The maximum absolute atomic E-state index is 12.8. The maximum Gasteiger partial charge on any atom is 0.573 e. The lowest BCUT2D eigenvalue weighted by Gasteiger charge is -2.32. The number of halogens is 3. The molecule has 0 spiro atoms. The zero-order valence-corrected chi connectivity index (χ0v) is 15.8. The minimum atomic E-state index is -4.78. The standard InChI is InChI=1S/C18H17F3N6O3/c1-11-22-16(30-24-11)15-10-27(25-23-15)13-3-2-8-26(9-13)17(28)12-4-6-14(7-5-12)29-18(19,20)21/h4-7,10,13H,2-3,8-9H2,1H3.